The average Bonchev–Trinajstić information content (AvgIpc) is 3.10. The molecule has 168 valence electrons. The molecule has 0 bridgehead atoms. The lowest BCUT2D eigenvalue weighted by Crippen LogP contribution is -2.30. The second-order valence-electron chi connectivity index (χ2n) is 9.73. The van der Waals surface area contributed by atoms with Crippen molar-refractivity contribution in [3.8, 4) is 0 Å². The molecule has 0 spiro atoms. The van der Waals surface area contributed by atoms with E-state index in [-0.39, 0.29) is 0 Å². The molecule has 6 rings (SSSR count). The molecule has 0 saturated heterocycles. The van der Waals surface area contributed by atoms with Crippen molar-refractivity contribution in [2.75, 3.05) is 4.90 Å². The second kappa shape index (κ2) is 8.49. The van der Waals surface area contributed by atoms with E-state index in [1.807, 2.05) is 12.1 Å². The van der Waals surface area contributed by atoms with Gasteiger partial charge >= 0.3 is 0 Å². The van der Waals surface area contributed by atoms with Crippen LogP contribution in [0, 0.1) is 23.3 Å². The zero-order valence-electron chi connectivity index (χ0n) is 19.7. The molecule has 1 heterocycles. The van der Waals surface area contributed by atoms with E-state index >= 15 is 0 Å². The van der Waals surface area contributed by atoms with Crippen LogP contribution in [0.25, 0.3) is 11.6 Å². The van der Waals surface area contributed by atoms with Gasteiger partial charge < -0.3 is 4.90 Å². The highest BCUT2D eigenvalue weighted by atomic mass is 35.5. The standard InChI is InChI=1S/C32H28ClN/c1-21-7-8-23-9-14-27-26(29(23)18-21)15-16-28-30(27)19-22(2)20-31(28)32-6-4-3-5-17-34(32)25-12-10-24(33)11-13-25/h3-13,15-18,22H,14,19-20H2,1-2H3. The highest BCUT2D eigenvalue weighted by molar-refractivity contribution is 6.30. The maximum absolute atomic E-state index is 6.20. The maximum atomic E-state index is 6.20. The Hall–Kier alpha value is -3.29. The summed E-state index contributed by atoms with van der Waals surface area (Å²) in [7, 11) is 0. The van der Waals surface area contributed by atoms with E-state index in [0.717, 1.165) is 30.0 Å². The van der Waals surface area contributed by atoms with Crippen molar-refractivity contribution in [3.63, 3.8) is 0 Å². The van der Waals surface area contributed by atoms with Gasteiger partial charge in [0.1, 0.15) is 0 Å². The van der Waals surface area contributed by atoms with Crippen LogP contribution in [0.4, 0.5) is 5.69 Å². The summed E-state index contributed by atoms with van der Waals surface area (Å²) in [6, 6.07) is 19.7. The van der Waals surface area contributed by atoms with Gasteiger partial charge in [-0.3, -0.25) is 0 Å². The Kier molecular flexibility index (Phi) is 5.31. The molecule has 3 aromatic carbocycles. The van der Waals surface area contributed by atoms with Crippen LogP contribution in [-0.4, -0.2) is 0 Å². The fourth-order valence-corrected chi connectivity index (χ4v) is 5.82. The molecule has 0 radical (unpaired) electrons. The molecule has 1 unspecified atom stereocenters. The first-order valence-electron chi connectivity index (χ1n) is 12.1. The van der Waals surface area contributed by atoms with Gasteiger partial charge in [-0.2, -0.15) is 0 Å². The van der Waals surface area contributed by atoms with Gasteiger partial charge in [0, 0.05) is 22.6 Å². The maximum Gasteiger partial charge on any atom is 0.0493 e. The van der Waals surface area contributed by atoms with Crippen LogP contribution in [0.2, 0.25) is 5.02 Å². The lowest BCUT2D eigenvalue weighted by molar-refractivity contribution is 0.577. The molecule has 2 heteroatoms. The molecule has 1 atom stereocenters. The highest BCUT2D eigenvalue weighted by Gasteiger charge is 2.24. The minimum atomic E-state index is 0.595. The molecule has 0 amide bonds. The number of nitrogens with zero attached hydrogens (tertiary/aromatic N) is 1. The number of rotatable bonds is 2. The average molecular weight is 462 g/mol. The third kappa shape index (κ3) is 3.65. The van der Waals surface area contributed by atoms with Gasteiger partial charge in [-0.05, 0) is 106 Å². The third-order valence-corrected chi connectivity index (χ3v) is 7.52. The Balaban J connectivity index is 1.62. The van der Waals surface area contributed by atoms with E-state index in [0.29, 0.717) is 5.92 Å². The zero-order valence-corrected chi connectivity index (χ0v) is 20.4. The number of anilines is 1. The summed E-state index contributed by atoms with van der Waals surface area (Å²) < 4.78 is 0. The van der Waals surface area contributed by atoms with Crippen molar-refractivity contribution in [3.05, 3.63) is 133 Å². The number of hydrogen-bond acceptors (Lipinski definition) is 1. The van der Waals surface area contributed by atoms with Gasteiger partial charge in [-0.1, -0.05) is 72.6 Å². The van der Waals surface area contributed by atoms with Crippen LogP contribution in [-0.2, 0) is 12.8 Å². The van der Waals surface area contributed by atoms with Gasteiger partial charge in [-0.25, -0.2) is 0 Å². The Morgan fingerprint density at radius 2 is 1.65 bits per heavy atom. The molecule has 1 aliphatic heterocycles. The fraction of sp³-hybridized carbons (Fsp3) is 0.188. The fourth-order valence-electron chi connectivity index (χ4n) is 5.69. The topological polar surface area (TPSA) is 3.24 Å². The van der Waals surface area contributed by atoms with E-state index in [4.69, 9.17) is 11.6 Å². The molecular weight excluding hydrogens is 434 g/mol. The van der Waals surface area contributed by atoms with E-state index in [1.54, 1.807) is 0 Å². The summed E-state index contributed by atoms with van der Waals surface area (Å²) in [6.07, 6.45) is 16.4. The molecule has 0 aromatic heterocycles. The van der Waals surface area contributed by atoms with Gasteiger partial charge in [0.15, 0.2) is 0 Å². The first kappa shape index (κ1) is 21.3. The van der Waals surface area contributed by atoms with Gasteiger partial charge in [-0.15, -0.1) is 0 Å². The number of fused-ring (bicyclic) bond motifs is 4. The van der Waals surface area contributed by atoms with Crippen LogP contribution in [0.1, 0.15) is 30.0 Å². The summed E-state index contributed by atoms with van der Waals surface area (Å²) >= 11 is 6.20. The number of aryl methyl sites for hydroxylation is 1. The lowest BCUT2D eigenvalue weighted by atomic mass is 9.80. The molecule has 3 aliphatic rings. The van der Waals surface area contributed by atoms with Crippen molar-refractivity contribution in [2.24, 2.45) is 5.92 Å². The SMILES string of the molecule is Cc1ccc2c(c1)=c1ccc3c(c1CC=2)CC(C)CC=3C1=CC=CC=CN1c1ccc(Cl)cc1. The molecule has 0 N–H and O–H groups in total. The zero-order chi connectivity index (χ0) is 23.2. The Bertz CT molecular complexity index is 1600. The minimum Gasteiger partial charge on any atom is -0.317 e. The van der Waals surface area contributed by atoms with Gasteiger partial charge in [0.25, 0.3) is 0 Å². The van der Waals surface area contributed by atoms with Crippen LogP contribution >= 0.6 is 11.6 Å². The Morgan fingerprint density at radius 1 is 0.824 bits per heavy atom. The summed E-state index contributed by atoms with van der Waals surface area (Å²) in [5.74, 6) is 0.595. The first-order chi connectivity index (χ1) is 16.6. The summed E-state index contributed by atoms with van der Waals surface area (Å²) in [4.78, 5) is 2.30. The van der Waals surface area contributed by atoms with Crippen LogP contribution in [0.3, 0.4) is 0 Å². The molecule has 1 nitrogen and oxygen atoms in total. The summed E-state index contributed by atoms with van der Waals surface area (Å²) in [6.45, 7) is 4.58. The number of halogens is 1. The minimum absolute atomic E-state index is 0.595. The van der Waals surface area contributed by atoms with Crippen LogP contribution in [0.5, 0.6) is 0 Å². The molecule has 3 aromatic rings. The van der Waals surface area contributed by atoms with Crippen molar-refractivity contribution >= 4 is 28.9 Å². The molecule has 2 aliphatic carbocycles. The predicted molar refractivity (Wildman–Crippen MR) is 144 cm³/mol. The Labute approximate surface area is 206 Å². The van der Waals surface area contributed by atoms with E-state index in [2.05, 4.69) is 97.8 Å². The van der Waals surface area contributed by atoms with E-state index in [9.17, 15) is 0 Å². The normalized spacial score (nSPS) is 18.4. The van der Waals surface area contributed by atoms with Crippen molar-refractivity contribution in [1.29, 1.82) is 0 Å². The quantitative estimate of drug-likeness (QED) is 0.422. The van der Waals surface area contributed by atoms with Crippen molar-refractivity contribution < 1.29 is 0 Å². The number of hydrogen-bond donors (Lipinski definition) is 0. The number of allylic oxidation sites excluding steroid dienone is 5. The highest BCUT2D eigenvalue weighted by Crippen LogP contribution is 2.34. The molecule has 0 fully saturated rings. The first-order valence-corrected chi connectivity index (χ1v) is 12.5. The smallest absolute Gasteiger partial charge is 0.0493 e. The van der Waals surface area contributed by atoms with Crippen molar-refractivity contribution in [1.82, 2.24) is 0 Å². The molecule has 0 saturated carbocycles. The second-order valence-corrected chi connectivity index (χ2v) is 10.2. The largest absolute Gasteiger partial charge is 0.317 e. The van der Waals surface area contributed by atoms with E-state index in [1.165, 1.54) is 48.8 Å². The molecule has 34 heavy (non-hydrogen) atoms. The Morgan fingerprint density at radius 3 is 2.50 bits per heavy atom. The van der Waals surface area contributed by atoms with Crippen molar-refractivity contribution in [2.45, 2.75) is 33.1 Å². The summed E-state index contributed by atoms with van der Waals surface area (Å²) in [5, 5.41) is 6.33. The van der Waals surface area contributed by atoms with Gasteiger partial charge in [0.2, 0.25) is 0 Å². The monoisotopic (exact) mass is 461 g/mol. The summed E-state index contributed by atoms with van der Waals surface area (Å²) in [5.41, 5.74) is 8.16. The predicted octanol–water partition coefficient (Wildman–Crippen LogP) is 6.48. The number of benzene rings is 3. The van der Waals surface area contributed by atoms with Crippen LogP contribution in [0.15, 0.2) is 90.8 Å². The molecular formula is C32H28ClN. The lowest BCUT2D eigenvalue weighted by Gasteiger charge is -2.31. The third-order valence-electron chi connectivity index (χ3n) is 7.27. The van der Waals surface area contributed by atoms with Gasteiger partial charge in [0.05, 0.1) is 0 Å². The van der Waals surface area contributed by atoms with E-state index < -0.39 is 0 Å². The van der Waals surface area contributed by atoms with Crippen LogP contribution < -0.4 is 15.3 Å².